The third kappa shape index (κ3) is 5.80. The lowest BCUT2D eigenvalue weighted by Crippen LogP contribution is -1.97. The summed E-state index contributed by atoms with van der Waals surface area (Å²) in [5, 5.41) is 8.69. The van der Waals surface area contributed by atoms with E-state index in [4.69, 9.17) is 0 Å². The van der Waals surface area contributed by atoms with Gasteiger partial charge in [0.1, 0.15) is 0 Å². The van der Waals surface area contributed by atoms with Crippen molar-refractivity contribution in [2.24, 2.45) is 0 Å². The van der Waals surface area contributed by atoms with Crippen molar-refractivity contribution in [3.63, 3.8) is 0 Å². The summed E-state index contributed by atoms with van der Waals surface area (Å²) in [5.74, 6) is 1.06. The molecule has 0 spiro atoms. The summed E-state index contributed by atoms with van der Waals surface area (Å²) in [6.45, 7) is 13.9. The molecule has 0 N–H and O–H groups in total. The third-order valence-corrected chi connectivity index (χ3v) is 8.20. The average molecular weight is 481 g/mol. The zero-order valence-electron chi connectivity index (χ0n) is 23.8. The number of rotatable bonds is 12. The number of fused-ring (bicyclic) bond motifs is 3. The summed E-state index contributed by atoms with van der Waals surface area (Å²) in [5.41, 5.74) is 6.03. The Morgan fingerprint density at radius 2 is 0.861 bits per heavy atom. The van der Waals surface area contributed by atoms with Crippen LogP contribution in [0.4, 0.5) is 0 Å². The fourth-order valence-corrected chi connectivity index (χ4v) is 6.03. The highest BCUT2D eigenvalue weighted by atomic mass is 14.2. The van der Waals surface area contributed by atoms with Gasteiger partial charge >= 0.3 is 0 Å². The van der Waals surface area contributed by atoms with Crippen LogP contribution in [0.2, 0.25) is 0 Å². The molecule has 0 saturated carbocycles. The Kier molecular flexibility index (Phi) is 9.10. The Labute approximate surface area is 220 Å². The summed E-state index contributed by atoms with van der Waals surface area (Å²) in [7, 11) is 0. The predicted molar refractivity (Wildman–Crippen MR) is 163 cm³/mol. The van der Waals surface area contributed by atoms with Gasteiger partial charge in [-0.2, -0.15) is 0 Å². The Bertz CT molecular complexity index is 1200. The monoisotopic (exact) mass is 480 g/mol. The highest BCUT2D eigenvalue weighted by Gasteiger charge is 2.14. The quantitative estimate of drug-likeness (QED) is 0.140. The van der Waals surface area contributed by atoms with Crippen molar-refractivity contribution in [3.05, 3.63) is 70.8 Å². The van der Waals surface area contributed by atoms with Crippen molar-refractivity contribution < 1.29 is 0 Å². The van der Waals surface area contributed by atoms with E-state index >= 15 is 0 Å². The Morgan fingerprint density at radius 1 is 0.472 bits per heavy atom. The van der Waals surface area contributed by atoms with Crippen molar-refractivity contribution in [2.75, 3.05) is 0 Å². The van der Waals surface area contributed by atoms with Crippen LogP contribution in [0.1, 0.15) is 127 Å². The molecule has 0 heterocycles. The molecule has 0 aliphatic carbocycles. The van der Waals surface area contributed by atoms with Gasteiger partial charge in [0.05, 0.1) is 0 Å². The van der Waals surface area contributed by atoms with Crippen molar-refractivity contribution in [1.82, 2.24) is 0 Å². The minimum absolute atomic E-state index is 0.529. The molecule has 4 aromatic rings. The van der Waals surface area contributed by atoms with Gasteiger partial charge in [-0.05, 0) is 116 Å². The normalized spacial score (nSPS) is 12.1. The topological polar surface area (TPSA) is 0 Å². The first-order valence-corrected chi connectivity index (χ1v) is 14.9. The molecule has 0 amide bonds. The van der Waals surface area contributed by atoms with Crippen LogP contribution in [0.25, 0.3) is 32.3 Å². The smallest absolute Gasteiger partial charge is 0.0140 e. The van der Waals surface area contributed by atoms with Gasteiger partial charge in [-0.1, -0.05) is 104 Å². The van der Waals surface area contributed by atoms with E-state index in [0.29, 0.717) is 11.8 Å². The molecule has 0 aliphatic rings. The number of hydrogen-bond acceptors (Lipinski definition) is 0. The van der Waals surface area contributed by atoms with E-state index in [2.05, 4.69) is 90.1 Å². The lowest BCUT2D eigenvalue weighted by molar-refractivity contribution is 0.668. The molecular weight excluding hydrogens is 432 g/mol. The molecule has 0 aromatic heterocycles. The van der Waals surface area contributed by atoms with Crippen LogP contribution in [0.5, 0.6) is 0 Å². The number of hydrogen-bond donors (Lipinski definition) is 0. The molecule has 0 nitrogen and oxygen atoms in total. The maximum atomic E-state index is 2.52. The van der Waals surface area contributed by atoms with Gasteiger partial charge < -0.3 is 0 Å². The highest BCUT2D eigenvalue weighted by molar-refractivity contribution is 6.07. The van der Waals surface area contributed by atoms with Crippen molar-refractivity contribution >= 4 is 32.3 Å². The molecule has 0 fully saturated rings. The summed E-state index contributed by atoms with van der Waals surface area (Å²) >= 11 is 0. The summed E-state index contributed by atoms with van der Waals surface area (Å²) in [6.07, 6.45) is 12.9. The van der Waals surface area contributed by atoms with E-state index in [0.717, 1.165) is 0 Å². The first kappa shape index (κ1) is 26.7. The molecular formula is C36H48. The van der Waals surface area contributed by atoms with E-state index in [1.165, 1.54) is 119 Å². The summed E-state index contributed by atoms with van der Waals surface area (Å²) in [4.78, 5) is 0. The minimum atomic E-state index is 0.529. The summed E-state index contributed by atoms with van der Waals surface area (Å²) < 4.78 is 0. The van der Waals surface area contributed by atoms with Crippen LogP contribution in [0.15, 0.2) is 48.5 Å². The molecule has 0 heteroatoms. The molecule has 0 unspecified atom stereocenters. The second-order valence-electron chi connectivity index (χ2n) is 11.7. The van der Waals surface area contributed by atoms with Crippen molar-refractivity contribution in [1.29, 1.82) is 0 Å². The van der Waals surface area contributed by atoms with Gasteiger partial charge in [0.25, 0.3) is 0 Å². The fourth-order valence-electron chi connectivity index (χ4n) is 6.03. The van der Waals surface area contributed by atoms with Crippen LogP contribution in [0, 0.1) is 0 Å². The van der Waals surface area contributed by atoms with E-state index in [1.807, 2.05) is 0 Å². The first-order chi connectivity index (χ1) is 17.4. The van der Waals surface area contributed by atoms with Gasteiger partial charge in [0, 0.05) is 0 Å². The number of unbranched alkanes of at least 4 members (excludes halogenated alkanes) is 6. The Hall–Kier alpha value is -2.34. The maximum absolute atomic E-state index is 2.52. The van der Waals surface area contributed by atoms with Crippen molar-refractivity contribution in [3.8, 4) is 0 Å². The Balaban J connectivity index is 1.88. The van der Waals surface area contributed by atoms with Gasteiger partial charge in [0.2, 0.25) is 0 Å². The fraction of sp³-hybridized carbons (Fsp3) is 0.500. The van der Waals surface area contributed by atoms with Crippen LogP contribution in [-0.2, 0) is 12.8 Å². The maximum Gasteiger partial charge on any atom is -0.0140 e. The largest absolute Gasteiger partial charge is 0.0654 e. The van der Waals surface area contributed by atoms with E-state index in [-0.39, 0.29) is 0 Å². The van der Waals surface area contributed by atoms with Crippen LogP contribution in [0.3, 0.4) is 0 Å². The van der Waals surface area contributed by atoms with Crippen LogP contribution in [-0.4, -0.2) is 0 Å². The first-order valence-electron chi connectivity index (χ1n) is 14.9. The SMILES string of the molecule is CCCCCCc1ccc(C(C)C)c2cc3cc4c(CCCCCC)ccc(C(C)C)c4cc3cc12. The molecule has 4 aromatic carbocycles. The van der Waals surface area contributed by atoms with E-state index in [9.17, 15) is 0 Å². The molecule has 4 rings (SSSR count). The number of benzene rings is 4. The highest BCUT2D eigenvalue weighted by Crippen LogP contribution is 2.37. The second kappa shape index (κ2) is 12.3. The molecule has 192 valence electrons. The van der Waals surface area contributed by atoms with Gasteiger partial charge in [0.15, 0.2) is 0 Å². The molecule has 0 bridgehead atoms. The third-order valence-electron chi connectivity index (χ3n) is 8.20. The molecule has 0 radical (unpaired) electrons. The van der Waals surface area contributed by atoms with Gasteiger partial charge in [-0.15, -0.1) is 0 Å². The molecule has 0 aliphatic heterocycles. The summed E-state index contributed by atoms with van der Waals surface area (Å²) in [6, 6.07) is 19.7. The molecule has 0 saturated heterocycles. The van der Waals surface area contributed by atoms with Crippen molar-refractivity contribution in [2.45, 2.75) is 118 Å². The second-order valence-corrected chi connectivity index (χ2v) is 11.7. The molecule has 36 heavy (non-hydrogen) atoms. The number of aryl methyl sites for hydroxylation is 2. The lowest BCUT2D eigenvalue weighted by Gasteiger charge is -2.18. The van der Waals surface area contributed by atoms with E-state index < -0.39 is 0 Å². The average Bonchev–Trinajstić information content (AvgIpc) is 2.86. The zero-order valence-corrected chi connectivity index (χ0v) is 23.8. The standard InChI is InChI=1S/C36H48/c1-7-9-11-13-15-27-17-19-31(25(3)4)35-23-30-22-34-28(16-14-12-10-8-2)18-20-32(26(5)6)36(34)24-29(30)21-33(27)35/h17-26H,7-16H2,1-6H3. The minimum Gasteiger partial charge on any atom is -0.0654 e. The predicted octanol–water partition coefficient (Wildman–Crippen LogP) is 11.6. The van der Waals surface area contributed by atoms with Crippen LogP contribution >= 0.6 is 0 Å². The van der Waals surface area contributed by atoms with Crippen LogP contribution < -0.4 is 0 Å². The van der Waals surface area contributed by atoms with Gasteiger partial charge in [-0.25, -0.2) is 0 Å². The molecule has 0 atom stereocenters. The van der Waals surface area contributed by atoms with Gasteiger partial charge in [-0.3, -0.25) is 0 Å². The zero-order chi connectivity index (χ0) is 25.7. The van der Waals surface area contributed by atoms with E-state index in [1.54, 1.807) is 0 Å². The Morgan fingerprint density at radius 3 is 1.22 bits per heavy atom. The lowest BCUT2D eigenvalue weighted by atomic mass is 9.87.